The van der Waals surface area contributed by atoms with E-state index in [1.54, 1.807) is 25.6 Å². The van der Waals surface area contributed by atoms with E-state index in [2.05, 4.69) is 21.7 Å². The van der Waals surface area contributed by atoms with E-state index in [1.807, 2.05) is 10.6 Å². The average molecular weight is 329 g/mol. The van der Waals surface area contributed by atoms with Crippen LogP contribution < -0.4 is 0 Å². The summed E-state index contributed by atoms with van der Waals surface area (Å²) in [6, 6.07) is 0.250. The molecule has 0 amide bonds. The molecule has 3 aliphatic heterocycles. The van der Waals surface area contributed by atoms with Crippen molar-refractivity contribution in [3.8, 4) is 11.8 Å². The Balaban J connectivity index is 1.89. The van der Waals surface area contributed by atoms with E-state index in [0.29, 0.717) is 5.69 Å². The van der Waals surface area contributed by atoms with Gasteiger partial charge >= 0.3 is 0 Å². The van der Waals surface area contributed by atoms with E-state index < -0.39 is 16.4 Å². The Labute approximate surface area is 138 Å². The van der Waals surface area contributed by atoms with Gasteiger partial charge in [0, 0.05) is 12.0 Å². The Kier molecular flexibility index (Phi) is 3.34. The molecule has 0 bridgehead atoms. The van der Waals surface area contributed by atoms with Gasteiger partial charge in [-0.1, -0.05) is 5.92 Å². The minimum atomic E-state index is -1.05. The zero-order valence-electron chi connectivity index (χ0n) is 13.2. The molecule has 2 atom stereocenters. The van der Waals surface area contributed by atoms with Crippen LogP contribution in [0.3, 0.4) is 0 Å². The lowest BCUT2D eigenvalue weighted by atomic mass is 10.1. The molecule has 0 aromatic carbocycles. The summed E-state index contributed by atoms with van der Waals surface area (Å²) in [5.74, 6) is 5.90. The molecule has 1 aromatic heterocycles. The summed E-state index contributed by atoms with van der Waals surface area (Å²) in [6.45, 7) is 5.07. The largest absolute Gasteiger partial charge is 0.378 e. The van der Waals surface area contributed by atoms with Gasteiger partial charge in [-0.2, -0.15) is 0 Å². The van der Waals surface area contributed by atoms with Crippen LogP contribution in [0.5, 0.6) is 0 Å². The van der Waals surface area contributed by atoms with E-state index >= 15 is 0 Å². The van der Waals surface area contributed by atoms with Gasteiger partial charge in [-0.3, -0.25) is 9.47 Å². The zero-order valence-corrected chi connectivity index (χ0v) is 14.1. The van der Waals surface area contributed by atoms with E-state index in [-0.39, 0.29) is 6.04 Å². The fourth-order valence-corrected chi connectivity index (χ4v) is 4.53. The first-order valence-electron chi connectivity index (χ1n) is 7.83. The van der Waals surface area contributed by atoms with Gasteiger partial charge in [-0.05, 0) is 45.2 Å². The minimum Gasteiger partial charge on any atom is -0.378 e. The number of hydrogen-bond acceptors (Lipinski definition) is 4. The number of fused-ring (bicyclic) bond motifs is 4. The minimum absolute atomic E-state index is 0.250. The average Bonchev–Trinajstić information content (AvgIpc) is 3.15. The molecule has 120 valence electrons. The molecular formula is C17H19N3O2S. The molecule has 0 aliphatic carbocycles. The SMILES string of the molecule is CC(C)(O)C#Cc1ncn2c1C1CCCN1CC1=C2C=CS1=O. The number of allylic oxidation sites excluding steroid dienone is 2. The topological polar surface area (TPSA) is 58.4 Å². The van der Waals surface area contributed by atoms with Crippen molar-refractivity contribution >= 4 is 16.5 Å². The van der Waals surface area contributed by atoms with Gasteiger partial charge in [-0.15, -0.1) is 0 Å². The highest BCUT2D eigenvalue weighted by Gasteiger charge is 2.37. The van der Waals surface area contributed by atoms with Crippen molar-refractivity contribution in [3.05, 3.63) is 34.1 Å². The predicted molar refractivity (Wildman–Crippen MR) is 89.4 cm³/mol. The molecule has 0 radical (unpaired) electrons. The summed E-state index contributed by atoms with van der Waals surface area (Å²) < 4.78 is 14.3. The van der Waals surface area contributed by atoms with Crippen molar-refractivity contribution in [3.63, 3.8) is 0 Å². The highest BCUT2D eigenvalue weighted by atomic mass is 32.2. The van der Waals surface area contributed by atoms with Crippen LogP contribution in [0.4, 0.5) is 0 Å². The maximum Gasteiger partial charge on any atom is 0.136 e. The van der Waals surface area contributed by atoms with Crippen LogP contribution in [0.15, 0.2) is 22.7 Å². The van der Waals surface area contributed by atoms with E-state index in [1.165, 1.54) is 0 Å². The Morgan fingerprint density at radius 3 is 3.09 bits per heavy atom. The molecule has 0 saturated carbocycles. The summed E-state index contributed by atoms with van der Waals surface area (Å²) in [4.78, 5) is 7.80. The fourth-order valence-electron chi connectivity index (χ4n) is 3.45. The van der Waals surface area contributed by atoms with Crippen LogP contribution in [0.1, 0.15) is 44.1 Å². The summed E-state index contributed by atoms with van der Waals surface area (Å²) in [5, 5.41) is 11.6. The maximum absolute atomic E-state index is 12.3. The Bertz CT molecular complexity index is 817. The molecule has 5 nitrogen and oxygen atoms in total. The normalized spacial score (nSPS) is 26.4. The van der Waals surface area contributed by atoms with Crippen molar-refractivity contribution < 1.29 is 9.32 Å². The Hall–Kier alpha value is -1.68. The lowest BCUT2D eigenvalue weighted by molar-refractivity contribution is 0.143. The second kappa shape index (κ2) is 5.17. The van der Waals surface area contributed by atoms with Gasteiger partial charge in [0.25, 0.3) is 0 Å². The molecule has 4 rings (SSSR count). The van der Waals surface area contributed by atoms with Crippen LogP contribution in [-0.2, 0) is 10.8 Å². The molecule has 1 aromatic rings. The van der Waals surface area contributed by atoms with Gasteiger partial charge in [0.2, 0.25) is 0 Å². The number of imidazole rings is 1. The second-order valence-electron chi connectivity index (χ2n) is 6.69. The monoisotopic (exact) mass is 329 g/mol. The first-order chi connectivity index (χ1) is 10.9. The van der Waals surface area contributed by atoms with Crippen molar-refractivity contribution in [2.24, 2.45) is 0 Å². The van der Waals surface area contributed by atoms with Gasteiger partial charge in [0.15, 0.2) is 0 Å². The molecule has 1 N–H and O–H groups in total. The maximum atomic E-state index is 12.3. The first kappa shape index (κ1) is 14.9. The summed E-state index contributed by atoms with van der Waals surface area (Å²) >= 11 is 0. The molecule has 3 aliphatic rings. The predicted octanol–water partition coefficient (Wildman–Crippen LogP) is 1.60. The molecule has 1 saturated heterocycles. The molecule has 1 fully saturated rings. The highest BCUT2D eigenvalue weighted by molar-refractivity contribution is 7.92. The standard InChI is InChI=1S/C17H19N3O2S/c1-17(2,21)7-5-12-16-14-4-3-8-19(14)10-15-13(6-9-23(15)22)20(16)11-18-12/h6,9,11,14,21H,3-4,8,10H2,1-2H3. The van der Waals surface area contributed by atoms with E-state index in [4.69, 9.17) is 0 Å². The lowest BCUT2D eigenvalue weighted by Crippen LogP contribution is -2.25. The molecule has 4 heterocycles. The third kappa shape index (κ3) is 2.49. The highest BCUT2D eigenvalue weighted by Crippen LogP contribution is 2.40. The van der Waals surface area contributed by atoms with Gasteiger partial charge in [-0.25, -0.2) is 9.19 Å². The molecule has 23 heavy (non-hydrogen) atoms. The number of nitrogens with zero attached hydrogens (tertiary/aromatic N) is 3. The Morgan fingerprint density at radius 1 is 1.48 bits per heavy atom. The van der Waals surface area contributed by atoms with E-state index in [0.717, 1.165) is 42.2 Å². The van der Waals surface area contributed by atoms with Gasteiger partial charge in [0.05, 0.1) is 33.1 Å². The quantitative estimate of drug-likeness (QED) is 0.735. The molecular weight excluding hydrogens is 310 g/mol. The molecule has 0 spiro atoms. The van der Waals surface area contributed by atoms with Crippen LogP contribution in [0.25, 0.3) is 5.70 Å². The number of aliphatic hydroxyl groups is 1. The van der Waals surface area contributed by atoms with Crippen molar-refractivity contribution in [1.82, 2.24) is 14.5 Å². The molecule has 6 heteroatoms. The second-order valence-corrected chi connectivity index (χ2v) is 8.05. The van der Waals surface area contributed by atoms with Gasteiger partial charge < -0.3 is 5.11 Å². The van der Waals surface area contributed by atoms with Crippen LogP contribution in [0.2, 0.25) is 0 Å². The Morgan fingerprint density at radius 2 is 2.30 bits per heavy atom. The fraction of sp³-hybridized carbons (Fsp3) is 0.471. The van der Waals surface area contributed by atoms with Crippen LogP contribution >= 0.6 is 0 Å². The summed E-state index contributed by atoms with van der Waals surface area (Å²) in [7, 11) is -1.04. The zero-order chi connectivity index (χ0) is 16.2. The van der Waals surface area contributed by atoms with Crippen molar-refractivity contribution in [1.29, 1.82) is 0 Å². The van der Waals surface area contributed by atoms with Crippen LogP contribution in [-0.4, -0.2) is 42.5 Å². The first-order valence-corrected chi connectivity index (χ1v) is 9.04. The number of rotatable bonds is 0. The third-order valence-electron chi connectivity index (χ3n) is 4.45. The van der Waals surface area contributed by atoms with Crippen LogP contribution in [0, 0.1) is 11.8 Å². The van der Waals surface area contributed by atoms with Crippen molar-refractivity contribution in [2.45, 2.75) is 38.3 Å². The molecule has 2 unspecified atom stereocenters. The summed E-state index contributed by atoms with van der Waals surface area (Å²) in [5.41, 5.74) is 1.70. The number of aromatic nitrogens is 2. The third-order valence-corrected chi connectivity index (χ3v) is 5.66. The smallest absolute Gasteiger partial charge is 0.136 e. The number of hydrogen-bond donors (Lipinski definition) is 1. The van der Waals surface area contributed by atoms with Crippen molar-refractivity contribution in [2.75, 3.05) is 13.1 Å². The lowest BCUT2D eigenvalue weighted by Gasteiger charge is -2.22. The van der Waals surface area contributed by atoms with E-state index in [9.17, 15) is 9.32 Å². The van der Waals surface area contributed by atoms with Gasteiger partial charge in [0.1, 0.15) is 17.6 Å². The summed E-state index contributed by atoms with van der Waals surface area (Å²) in [6.07, 6.45) is 5.87.